The van der Waals surface area contributed by atoms with E-state index in [1.165, 1.54) is 6.07 Å². The number of fused-ring (bicyclic) bond motifs is 1. The van der Waals surface area contributed by atoms with Gasteiger partial charge in [-0.05, 0) is 19.1 Å². The summed E-state index contributed by atoms with van der Waals surface area (Å²) in [6.45, 7) is 2.21. The lowest BCUT2D eigenvalue weighted by Gasteiger charge is -2.19. The molecule has 25 heavy (non-hydrogen) atoms. The Morgan fingerprint density at radius 3 is 3.00 bits per heavy atom. The predicted octanol–water partition coefficient (Wildman–Crippen LogP) is 2.75. The number of nitrogens with zero attached hydrogens (tertiary/aromatic N) is 2. The highest BCUT2D eigenvalue weighted by atomic mass is 16.5. The van der Waals surface area contributed by atoms with Gasteiger partial charge in [-0.3, -0.25) is 5.32 Å². The van der Waals surface area contributed by atoms with Gasteiger partial charge in [-0.25, -0.2) is 9.79 Å². The molecule has 0 aliphatic carbocycles. The molecule has 1 aromatic heterocycles. The largest absolute Gasteiger partial charge is 0.497 e. The summed E-state index contributed by atoms with van der Waals surface area (Å²) in [4.78, 5) is 20.3. The number of hydrogen-bond donors (Lipinski definition) is 2. The third kappa shape index (κ3) is 3.63. The van der Waals surface area contributed by atoms with Crippen molar-refractivity contribution in [3.05, 3.63) is 35.9 Å². The van der Waals surface area contributed by atoms with Gasteiger partial charge in [-0.1, -0.05) is 12.1 Å². The SMILES string of the molecule is CCOC(=O)Nc1cc(N)c2c(n1)OCC(c1cccc(OC)c1)=N2. The highest BCUT2D eigenvalue weighted by Gasteiger charge is 2.20. The molecule has 2 aromatic rings. The second kappa shape index (κ2) is 7.08. The number of carbonyl (C=O) groups excluding carboxylic acids is 1. The number of nitrogens with two attached hydrogens (primary N) is 1. The van der Waals surface area contributed by atoms with Gasteiger partial charge >= 0.3 is 6.09 Å². The highest BCUT2D eigenvalue weighted by molar-refractivity contribution is 6.05. The maximum Gasteiger partial charge on any atom is 0.412 e. The molecule has 0 atom stereocenters. The lowest BCUT2D eigenvalue weighted by atomic mass is 10.1. The van der Waals surface area contributed by atoms with Crippen LogP contribution in [0.5, 0.6) is 11.6 Å². The maximum absolute atomic E-state index is 11.5. The number of aliphatic imine (C=N–C) groups is 1. The fraction of sp³-hybridized carbons (Fsp3) is 0.235. The Hall–Kier alpha value is -3.29. The van der Waals surface area contributed by atoms with E-state index < -0.39 is 6.09 Å². The molecule has 0 radical (unpaired) electrons. The number of nitrogen functional groups attached to an aromatic ring is 1. The van der Waals surface area contributed by atoms with E-state index >= 15 is 0 Å². The molecule has 8 nitrogen and oxygen atoms in total. The molecule has 1 aliphatic heterocycles. The lowest BCUT2D eigenvalue weighted by Crippen LogP contribution is -2.19. The first kappa shape index (κ1) is 16.6. The van der Waals surface area contributed by atoms with Gasteiger partial charge in [0.1, 0.15) is 23.9 Å². The quantitative estimate of drug-likeness (QED) is 0.884. The molecule has 0 unspecified atom stereocenters. The average Bonchev–Trinajstić information content (AvgIpc) is 2.61. The number of hydrogen-bond acceptors (Lipinski definition) is 7. The molecule has 1 aliphatic rings. The van der Waals surface area contributed by atoms with Crippen molar-refractivity contribution >= 4 is 29.0 Å². The molecule has 0 fully saturated rings. The van der Waals surface area contributed by atoms with Gasteiger partial charge in [0.15, 0.2) is 0 Å². The van der Waals surface area contributed by atoms with E-state index in [1.54, 1.807) is 14.0 Å². The molecule has 3 N–H and O–H groups in total. The summed E-state index contributed by atoms with van der Waals surface area (Å²) in [5, 5.41) is 2.49. The first-order valence-corrected chi connectivity index (χ1v) is 7.69. The summed E-state index contributed by atoms with van der Waals surface area (Å²) in [5.74, 6) is 1.24. The minimum absolute atomic E-state index is 0.232. The van der Waals surface area contributed by atoms with Crippen LogP contribution in [-0.2, 0) is 4.74 Å². The number of rotatable bonds is 4. The van der Waals surface area contributed by atoms with Crippen LogP contribution < -0.4 is 20.5 Å². The van der Waals surface area contributed by atoms with Crippen molar-refractivity contribution in [2.24, 2.45) is 4.99 Å². The van der Waals surface area contributed by atoms with Crippen LogP contribution in [0.1, 0.15) is 12.5 Å². The monoisotopic (exact) mass is 342 g/mol. The Labute approximate surface area is 144 Å². The van der Waals surface area contributed by atoms with Crippen LogP contribution in [0.2, 0.25) is 0 Å². The third-order valence-corrected chi connectivity index (χ3v) is 3.49. The van der Waals surface area contributed by atoms with E-state index in [4.69, 9.17) is 19.9 Å². The zero-order valence-corrected chi connectivity index (χ0v) is 13.9. The Morgan fingerprint density at radius 2 is 2.24 bits per heavy atom. The number of amides is 1. The Morgan fingerprint density at radius 1 is 1.40 bits per heavy atom. The normalized spacial score (nSPS) is 12.5. The van der Waals surface area contributed by atoms with Crippen molar-refractivity contribution in [2.45, 2.75) is 6.92 Å². The van der Waals surface area contributed by atoms with Crippen molar-refractivity contribution in [2.75, 3.05) is 31.4 Å². The molecule has 8 heteroatoms. The Balaban J connectivity index is 1.90. The van der Waals surface area contributed by atoms with Gasteiger partial charge in [0.25, 0.3) is 0 Å². The zero-order chi connectivity index (χ0) is 17.8. The Kier molecular flexibility index (Phi) is 4.69. The number of anilines is 2. The van der Waals surface area contributed by atoms with E-state index in [0.29, 0.717) is 17.1 Å². The highest BCUT2D eigenvalue weighted by Crippen LogP contribution is 2.37. The van der Waals surface area contributed by atoms with E-state index in [2.05, 4.69) is 15.3 Å². The molecule has 0 saturated heterocycles. The minimum atomic E-state index is -0.606. The number of aromatic nitrogens is 1. The molecule has 0 saturated carbocycles. The summed E-state index contributed by atoms with van der Waals surface area (Å²) >= 11 is 0. The fourth-order valence-corrected chi connectivity index (χ4v) is 2.34. The van der Waals surface area contributed by atoms with Gasteiger partial charge in [0.05, 0.1) is 25.1 Å². The van der Waals surface area contributed by atoms with E-state index in [0.717, 1.165) is 11.3 Å². The molecule has 1 aromatic carbocycles. The number of ether oxygens (including phenoxy) is 3. The summed E-state index contributed by atoms with van der Waals surface area (Å²) in [6.07, 6.45) is -0.606. The zero-order valence-electron chi connectivity index (χ0n) is 13.9. The molecule has 2 heterocycles. The first-order chi connectivity index (χ1) is 12.1. The number of pyridine rings is 1. The van der Waals surface area contributed by atoms with Gasteiger partial charge in [0, 0.05) is 11.6 Å². The van der Waals surface area contributed by atoms with Crippen molar-refractivity contribution in [1.82, 2.24) is 4.98 Å². The van der Waals surface area contributed by atoms with Crippen LogP contribution in [0.3, 0.4) is 0 Å². The van der Waals surface area contributed by atoms with Crippen LogP contribution >= 0.6 is 0 Å². The smallest absolute Gasteiger partial charge is 0.412 e. The summed E-state index contributed by atoms with van der Waals surface area (Å²) in [7, 11) is 1.60. The minimum Gasteiger partial charge on any atom is -0.497 e. The number of nitrogens with one attached hydrogen (secondary N) is 1. The molecular weight excluding hydrogens is 324 g/mol. The van der Waals surface area contributed by atoms with Gasteiger partial charge in [-0.2, -0.15) is 4.98 Å². The maximum atomic E-state index is 11.5. The van der Waals surface area contributed by atoms with E-state index in [9.17, 15) is 4.79 Å². The van der Waals surface area contributed by atoms with Crippen LogP contribution in [-0.4, -0.2) is 37.1 Å². The van der Waals surface area contributed by atoms with Gasteiger partial charge in [0.2, 0.25) is 5.88 Å². The van der Waals surface area contributed by atoms with Crippen molar-refractivity contribution < 1.29 is 19.0 Å². The Bertz CT molecular complexity index is 835. The molecule has 3 rings (SSSR count). The van der Waals surface area contributed by atoms with E-state index in [1.807, 2.05) is 24.3 Å². The van der Waals surface area contributed by atoms with Crippen molar-refractivity contribution in [3.8, 4) is 11.6 Å². The van der Waals surface area contributed by atoms with E-state index in [-0.39, 0.29) is 24.9 Å². The third-order valence-electron chi connectivity index (χ3n) is 3.49. The molecule has 0 bridgehead atoms. The standard InChI is InChI=1S/C17H18N4O4/c1-3-24-17(22)21-14-8-12(18)15-16(20-14)25-9-13(19-15)10-5-4-6-11(7-10)23-2/h4-8H,3,9H2,1-2H3,(H3,18,20,21,22). The van der Waals surface area contributed by atoms with Crippen LogP contribution in [0.25, 0.3) is 0 Å². The average molecular weight is 342 g/mol. The number of benzene rings is 1. The first-order valence-electron chi connectivity index (χ1n) is 7.69. The van der Waals surface area contributed by atoms with Crippen LogP contribution in [0, 0.1) is 0 Å². The molecule has 0 spiro atoms. The summed E-state index contributed by atoms with van der Waals surface area (Å²) in [5.41, 5.74) is 8.40. The van der Waals surface area contributed by atoms with Crippen molar-refractivity contribution in [1.29, 1.82) is 0 Å². The van der Waals surface area contributed by atoms with Crippen LogP contribution in [0.4, 0.5) is 22.0 Å². The second-order valence-electron chi connectivity index (χ2n) is 5.18. The van der Waals surface area contributed by atoms with Gasteiger partial charge < -0.3 is 19.9 Å². The summed E-state index contributed by atoms with van der Waals surface area (Å²) < 4.78 is 15.7. The van der Waals surface area contributed by atoms with Crippen molar-refractivity contribution in [3.63, 3.8) is 0 Å². The summed E-state index contributed by atoms with van der Waals surface area (Å²) in [6, 6.07) is 9.02. The fourth-order valence-electron chi connectivity index (χ4n) is 2.34. The molecule has 1 amide bonds. The molecule has 130 valence electrons. The molecular formula is C17H18N4O4. The van der Waals surface area contributed by atoms with Gasteiger partial charge in [-0.15, -0.1) is 0 Å². The number of methoxy groups -OCH3 is 1. The topological polar surface area (TPSA) is 108 Å². The van der Waals surface area contributed by atoms with Crippen LogP contribution in [0.15, 0.2) is 35.3 Å². The lowest BCUT2D eigenvalue weighted by molar-refractivity contribution is 0.168. The number of carbonyl (C=O) groups is 1. The second-order valence-corrected chi connectivity index (χ2v) is 5.18. The predicted molar refractivity (Wildman–Crippen MR) is 94.0 cm³/mol.